The summed E-state index contributed by atoms with van der Waals surface area (Å²) in [6, 6.07) is 9.63. The normalized spacial score (nSPS) is 17.1. The van der Waals surface area contributed by atoms with Crippen molar-refractivity contribution >= 4 is 34.0 Å². The van der Waals surface area contributed by atoms with Gasteiger partial charge in [0.2, 0.25) is 5.69 Å². The lowest BCUT2D eigenvalue weighted by molar-refractivity contribution is 0.147. The van der Waals surface area contributed by atoms with Crippen molar-refractivity contribution in [2.24, 2.45) is 5.92 Å². The van der Waals surface area contributed by atoms with E-state index in [4.69, 9.17) is 16.3 Å². The smallest absolute Gasteiger partial charge is 0.253 e. The second kappa shape index (κ2) is 8.60. The molecule has 1 aromatic carbocycles. The minimum Gasteiger partial charge on any atom is -0.475 e. The van der Waals surface area contributed by atoms with E-state index in [0.29, 0.717) is 29.2 Å². The molecule has 1 aliphatic rings. The first-order valence-electron chi connectivity index (χ1n) is 9.52. The fraction of sp³-hybridized carbons (Fsp3) is 0.333. The lowest BCUT2D eigenvalue weighted by Crippen LogP contribution is -2.34. The second-order valence-corrected chi connectivity index (χ2v) is 7.67. The minimum atomic E-state index is 0.179. The number of ether oxygens (including phenoxy) is 1. The minimum absolute atomic E-state index is 0.179. The van der Waals surface area contributed by atoms with Crippen molar-refractivity contribution in [3.63, 3.8) is 0 Å². The molecule has 1 N–H and O–H groups in total. The standard InChI is InChI=1S/C21H21ClN6O/c1-28-7-3-4-14(12-28)13-29-21-18(9-23)24-11-20(27-21)26-19-8-15-5-2-6-17(22)16(15)10-25-19/h2,5-6,8,10-11,14H,3-4,7,12-13H2,1H3,(H,25,26,27). The van der Waals surface area contributed by atoms with Crippen molar-refractivity contribution in [1.29, 1.82) is 5.26 Å². The Kier molecular flexibility index (Phi) is 5.74. The number of fused-ring (bicyclic) bond motifs is 1. The lowest BCUT2D eigenvalue weighted by Gasteiger charge is -2.29. The number of halogens is 1. The van der Waals surface area contributed by atoms with E-state index in [1.807, 2.05) is 30.3 Å². The van der Waals surface area contributed by atoms with Gasteiger partial charge in [0.15, 0.2) is 5.82 Å². The highest BCUT2D eigenvalue weighted by Gasteiger charge is 2.19. The van der Waals surface area contributed by atoms with Gasteiger partial charge in [-0.2, -0.15) is 10.2 Å². The van der Waals surface area contributed by atoms with Crippen molar-refractivity contribution in [3.8, 4) is 11.9 Å². The highest BCUT2D eigenvalue weighted by Crippen LogP contribution is 2.26. The van der Waals surface area contributed by atoms with Gasteiger partial charge in [-0.25, -0.2) is 9.97 Å². The van der Waals surface area contributed by atoms with E-state index in [-0.39, 0.29) is 11.6 Å². The van der Waals surface area contributed by atoms with Gasteiger partial charge in [0.25, 0.3) is 5.88 Å². The average Bonchev–Trinajstić information content (AvgIpc) is 2.72. The predicted octanol–water partition coefficient (Wildman–Crippen LogP) is 4.01. The summed E-state index contributed by atoms with van der Waals surface area (Å²) in [6.45, 7) is 2.61. The van der Waals surface area contributed by atoms with Gasteiger partial charge < -0.3 is 15.0 Å². The van der Waals surface area contributed by atoms with Crippen LogP contribution in [0.25, 0.3) is 10.8 Å². The topological polar surface area (TPSA) is 87.0 Å². The maximum Gasteiger partial charge on any atom is 0.253 e. The first-order chi connectivity index (χ1) is 14.1. The number of nitriles is 1. The summed E-state index contributed by atoms with van der Waals surface area (Å²) in [5.74, 6) is 1.74. The summed E-state index contributed by atoms with van der Waals surface area (Å²) < 4.78 is 5.88. The van der Waals surface area contributed by atoms with Gasteiger partial charge in [0.05, 0.1) is 12.8 Å². The molecule has 29 heavy (non-hydrogen) atoms. The van der Waals surface area contributed by atoms with Crippen molar-refractivity contribution in [3.05, 3.63) is 47.4 Å². The Morgan fingerprint density at radius 3 is 3.03 bits per heavy atom. The number of benzene rings is 1. The number of likely N-dealkylation sites (tertiary alicyclic amines) is 1. The third kappa shape index (κ3) is 4.56. The summed E-state index contributed by atoms with van der Waals surface area (Å²) in [4.78, 5) is 15.3. The van der Waals surface area contributed by atoms with Gasteiger partial charge in [-0.05, 0) is 44.0 Å². The summed E-state index contributed by atoms with van der Waals surface area (Å²) in [5, 5.41) is 15.0. The Labute approximate surface area is 174 Å². The van der Waals surface area contributed by atoms with Crippen molar-refractivity contribution in [1.82, 2.24) is 19.9 Å². The van der Waals surface area contributed by atoms with E-state index in [1.165, 1.54) is 6.20 Å². The number of rotatable bonds is 5. The Bertz CT molecular complexity index is 1070. The van der Waals surface area contributed by atoms with Crippen LogP contribution in [0.5, 0.6) is 5.88 Å². The van der Waals surface area contributed by atoms with Crippen molar-refractivity contribution < 1.29 is 4.74 Å². The lowest BCUT2D eigenvalue weighted by atomic mass is 10.00. The van der Waals surface area contributed by atoms with Crippen LogP contribution in [0.1, 0.15) is 18.5 Å². The quantitative estimate of drug-likeness (QED) is 0.682. The Balaban J connectivity index is 1.51. The molecule has 0 spiro atoms. The summed E-state index contributed by atoms with van der Waals surface area (Å²) >= 11 is 6.20. The number of hydrogen-bond acceptors (Lipinski definition) is 7. The molecule has 1 unspecified atom stereocenters. The first-order valence-corrected chi connectivity index (χ1v) is 9.90. The van der Waals surface area contributed by atoms with E-state index < -0.39 is 0 Å². The molecule has 1 saturated heterocycles. The molecule has 1 aliphatic heterocycles. The third-order valence-electron chi connectivity index (χ3n) is 4.99. The average molecular weight is 409 g/mol. The maximum atomic E-state index is 9.34. The molecule has 148 valence electrons. The SMILES string of the molecule is CN1CCCC(COc2nc(Nc3cc4cccc(Cl)c4cn3)cnc2C#N)C1. The molecule has 0 radical (unpaired) electrons. The van der Waals surface area contributed by atoms with Crippen molar-refractivity contribution in [2.45, 2.75) is 12.8 Å². The fourth-order valence-electron chi connectivity index (χ4n) is 3.55. The van der Waals surface area contributed by atoms with Gasteiger partial charge in [0, 0.05) is 29.1 Å². The zero-order valence-corrected chi connectivity index (χ0v) is 16.9. The molecule has 8 heteroatoms. The van der Waals surface area contributed by atoms with Gasteiger partial charge in [-0.3, -0.25) is 0 Å². The Morgan fingerprint density at radius 1 is 1.31 bits per heavy atom. The largest absolute Gasteiger partial charge is 0.475 e. The monoisotopic (exact) mass is 408 g/mol. The predicted molar refractivity (Wildman–Crippen MR) is 112 cm³/mol. The summed E-state index contributed by atoms with van der Waals surface area (Å²) in [7, 11) is 2.11. The van der Waals surface area contributed by atoms with Crippen LogP contribution < -0.4 is 10.1 Å². The highest BCUT2D eigenvalue weighted by molar-refractivity contribution is 6.35. The number of nitrogens with one attached hydrogen (secondary N) is 1. The zero-order chi connectivity index (χ0) is 20.2. The van der Waals surface area contributed by atoms with Crippen molar-refractivity contribution in [2.75, 3.05) is 32.1 Å². The third-order valence-corrected chi connectivity index (χ3v) is 5.32. The van der Waals surface area contributed by atoms with E-state index in [0.717, 1.165) is 36.7 Å². The zero-order valence-electron chi connectivity index (χ0n) is 16.1. The van der Waals surface area contributed by atoms with Gasteiger partial charge >= 0.3 is 0 Å². The Morgan fingerprint density at radius 2 is 2.21 bits per heavy atom. The molecule has 0 saturated carbocycles. The first kappa shape index (κ1) is 19.4. The molecule has 0 bridgehead atoms. The van der Waals surface area contributed by atoms with Gasteiger partial charge in [-0.15, -0.1) is 0 Å². The van der Waals surface area contributed by atoms with E-state index in [2.05, 4.69) is 32.2 Å². The molecule has 3 aromatic rings. The number of pyridine rings is 1. The molecule has 4 rings (SSSR count). The molecule has 3 heterocycles. The van der Waals surface area contributed by atoms with E-state index >= 15 is 0 Å². The molecule has 0 aliphatic carbocycles. The summed E-state index contributed by atoms with van der Waals surface area (Å²) in [6.07, 6.45) is 5.49. The highest BCUT2D eigenvalue weighted by atomic mass is 35.5. The van der Waals surface area contributed by atoms with E-state index in [9.17, 15) is 5.26 Å². The molecule has 1 atom stereocenters. The van der Waals surface area contributed by atoms with Crippen LogP contribution in [-0.2, 0) is 0 Å². The number of hydrogen-bond donors (Lipinski definition) is 1. The molecule has 2 aromatic heterocycles. The number of nitrogens with zero attached hydrogens (tertiary/aromatic N) is 5. The van der Waals surface area contributed by atoms with Gasteiger partial charge in [0.1, 0.15) is 11.9 Å². The summed E-state index contributed by atoms with van der Waals surface area (Å²) in [5.41, 5.74) is 0.179. The van der Waals surface area contributed by atoms with Crippen LogP contribution in [0.15, 0.2) is 36.7 Å². The van der Waals surface area contributed by atoms with Crippen LogP contribution in [0.4, 0.5) is 11.6 Å². The number of aromatic nitrogens is 3. The van der Waals surface area contributed by atoms with E-state index in [1.54, 1.807) is 6.20 Å². The molecular weight excluding hydrogens is 388 g/mol. The number of anilines is 2. The van der Waals surface area contributed by atoms with Crippen LogP contribution in [0, 0.1) is 17.2 Å². The molecule has 1 fully saturated rings. The van der Waals surface area contributed by atoms with Crippen LogP contribution >= 0.6 is 11.6 Å². The fourth-order valence-corrected chi connectivity index (χ4v) is 3.78. The number of piperidine rings is 1. The molecular formula is C21H21ClN6O. The maximum absolute atomic E-state index is 9.34. The van der Waals surface area contributed by atoms with Crippen LogP contribution in [0.2, 0.25) is 5.02 Å². The second-order valence-electron chi connectivity index (χ2n) is 7.26. The van der Waals surface area contributed by atoms with Crippen LogP contribution in [0.3, 0.4) is 0 Å². The Hall–Kier alpha value is -2.95. The van der Waals surface area contributed by atoms with Gasteiger partial charge in [-0.1, -0.05) is 23.7 Å². The molecule has 7 nitrogen and oxygen atoms in total. The van der Waals surface area contributed by atoms with Crippen LogP contribution in [-0.4, -0.2) is 46.6 Å². The molecule has 0 amide bonds.